The summed E-state index contributed by atoms with van der Waals surface area (Å²) in [7, 11) is -11.5. The first-order valence-electron chi connectivity index (χ1n) is 22.8. The van der Waals surface area contributed by atoms with E-state index in [0.29, 0.717) is 13.1 Å². The summed E-state index contributed by atoms with van der Waals surface area (Å²) >= 11 is 0. The topological polar surface area (TPSA) is 333 Å². The van der Waals surface area contributed by atoms with Gasteiger partial charge in [0.2, 0.25) is 0 Å². The van der Waals surface area contributed by atoms with Crippen LogP contribution < -0.4 is 31.1 Å². The normalized spacial score (nSPS) is 27.3. The molecule has 4 fully saturated rings. The average molecular weight is 1040 g/mol. The number of ether oxygens (including phenoxy) is 6. The Labute approximate surface area is 414 Å². The van der Waals surface area contributed by atoms with Crippen LogP contribution in [0.1, 0.15) is 37.4 Å². The number of anilines is 2. The third-order valence-corrected chi connectivity index (χ3v) is 14.2. The van der Waals surface area contributed by atoms with Gasteiger partial charge in [0.1, 0.15) is 49.3 Å². The maximum Gasteiger partial charge on any atom is 0.320 e. The molecule has 4 N–H and O–H groups in total. The van der Waals surface area contributed by atoms with Crippen LogP contribution in [0, 0.1) is 0 Å². The highest BCUT2D eigenvalue weighted by Crippen LogP contribution is 2.57. The molecule has 4 saturated heterocycles. The van der Waals surface area contributed by atoms with Gasteiger partial charge in [0.05, 0.1) is 25.9 Å². The Morgan fingerprint density at radius 3 is 1.42 bits per heavy atom. The molecule has 27 nitrogen and oxygen atoms in total. The molecule has 4 aliphatic heterocycles. The Morgan fingerprint density at radius 1 is 0.603 bits per heavy atom. The lowest BCUT2D eigenvalue weighted by Gasteiger charge is -2.32. The zero-order valence-electron chi connectivity index (χ0n) is 38.6. The van der Waals surface area contributed by atoms with Crippen LogP contribution in [0.15, 0.2) is 98.1 Å². The second kappa shape index (κ2) is 21.6. The van der Waals surface area contributed by atoms with Crippen molar-refractivity contribution in [2.45, 2.75) is 75.5 Å². The van der Waals surface area contributed by atoms with Crippen molar-refractivity contribution < 1.29 is 70.3 Å². The third kappa shape index (κ3) is 11.2. The molecule has 8 heterocycles. The monoisotopic (exact) mass is 1040 g/mol. The highest BCUT2D eigenvalue weighted by molar-refractivity contribution is 7.59. The Hall–Kier alpha value is -6.42. The number of carbonyl (C=O) groups is 2. The number of imidazole rings is 2. The number of nitrogens with zero attached hydrogens (tertiary/aromatic N) is 8. The second-order valence-electron chi connectivity index (χ2n) is 16.4. The number of amides is 4. The van der Waals surface area contributed by atoms with Crippen LogP contribution in [-0.4, -0.2) is 127 Å². The molecule has 4 aliphatic rings. The summed E-state index contributed by atoms with van der Waals surface area (Å²) < 4.78 is 82.0. The molecule has 10 rings (SSSR count). The molecule has 0 spiro atoms. The fraction of sp³-hybridized carbons (Fsp3) is 0.364. The summed E-state index contributed by atoms with van der Waals surface area (Å²) in [6.07, 6.45) is 1.88. The lowest BCUT2D eigenvalue weighted by atomic mass is 10.1. The van der Waals surface area contributed by atoms with Crippen LogP contribution in [0.2, 0.25) is 0 Å². The number of hydrogen-bond acceptors (Lipinski definition) is 21. The molecule has 0 bridgehead atoms. The first-order valence-corrected chi connectivity index (χ1v) is 25.7. The summed E-state index contributed by atoms with van der Waals surface area (Å²) in [5.74, 6) is 0.218. The Balaban J connectivity index is 0.830. The number of rotatable bonds is 18. The smallest absolute Gasteiger partial charge is 0.320 e. The molecule has 73 heavy (non-hydrogen) atoms. The van der Waals surface area contributed by atoms with Crippen molar-refractivity contribution in [1.82, 2.24) is 49.7 Å². The summed E-state index contributed by atoms with van der Waals surface area (Å²) in [5, 5.41) is 10.5. The predicted molar refractivity (Wildman–Crippen MR) is 250 cm³/mol. The van der Waals surface area contributed by atoms with Gasteiger partial charge in [-0.25, -0.2) is 43.8 Å². The number of fused-ring (bicyclic) bond motifs is 4. The molecule has 0 saturated carbocycles. The standard InChI is InChI=1S/C44H48N12O15P2/c1-3-45-43(57)53-37-31-39(49-21-47-37)55(23-51-31)41-35-33(67-29(69-35)17-15-25-11-7-5-8-12-25)27(65-41)19-63-72(59,60)71-73(61,62)64-20-28-34-36(70-30(68-34)18-16-26-13-9-6-10-14-26)42(66-28)56-24-52-32-38(48-22-50-40(32)56)54-44(58)46-4-2/h5-18,21-24,27-30,33-36,41-42H,3-4,19-20H2,1-2H3,(H,59,60)(H,61,62)(H2,45,47,49,53,57)(H2,46,48,50,54,58)/p-2/b17-15+,18-16+/t27-,28-,29-,30+,33?,34?,35?,36-,41-,42-/m1/s1. The van der Waals surface area contributed by atoms with Gasteiger partial charge in [-0.2, -0.15) is 0 Å². The van der Waals surface area contributed by atoms with E-state index in [1.54, 1.807) is 38.2 Å². The van der Waals surface area contributed by atoms with Gasteiger partial charge in [0, 0.05) is 13.1 Å². The Morgan fingerprint density at radius 2 is 1.01 bits per heavy atom. The molecule has 0 radical (unpaired) electrons. The van der Waals surface area contributed by atoms with Crippen LogP contribution in [0.5, 0.6) is 0 Å². The summed E-state index contributed by atoms with van der Waals surface area (Å²) in [6, 6.07) is 17.6. The van der Waals surface area contributed by atoms with E-state index in [0.717, 1.165) is 11.1 Å². The first-order chi connectivity index (χ1) is 35.3. The number of aromatic nitrogens is 8. The van der Waals surface area contributed by atoms with Crippen molar-refractivity contribution in [1.29, 1.82) is 0 Å². The SMILES string of the molecule is CCNC(=O)Nc1ncnc2c1ncn2[C@@H]1O[C@H](COP(=O)([O-])OP(=O)([O-])OC[C@H]2O[C@@H](n3cnc4c(NC(=O)NCC)ncnc43)[C@@H]3O[C@@H](/C=C/c4ccccc4)OC32)C2O[C@@H](/C=C/c3ccccc3)OC21. The predicted octanol–water partition coefficient (Wildman–Crippen LogP) is 3.38. The van der Waals surface area contributed by atoms with Crippen molar-refractivity contribution >= 4 is 73.8 Å². The van der Waals surface area contributed by atoms with Crippen LogP contribution in [0.25, 0.3) is 34.5 Å². The Kier molecular flexibility index (Phi) is 14.8. The lowest BCUT2D eigenvalue weighted by Crippen LogP contribution is -2.33. The van der Waals surface area contributed by atoms with E-state index in [1.807, 2.05) is 60.7 Å². The molecule has 5 unspecified atom stereocenters. The zero-order chi connectivity index (χ0) is 50.7. The van der Waals surface area contributed by atoms with E-state index >= 15 is 0 Å². The average Bonchev–Trinajstić information content (AvgIpc) is 4.24. The highest BCUT2D eigenvalue weighted by Gasteiger charge is 2.55. The second-order valence-corrected chi connectivity index (χ2v) is 19.4. The van der Waals surface area contributed by atoms with Gasteiger partial charge >= 0.3 is 12.1 Å². The van der Waals surface area contributed by atoms with Gasteiger partial charge < -0.3 is 57.9 Å². The highest BCUT2D eigenvalue weighted by atomic mass is 31.3. The molecule has 384 valence electrons. The van der Waals surface area contributed by atoms with E-state index in [2.05, 4.69) is 55.5 Å². The number of phosphoric acid groups is 2. The van der Waals surface area contributed by atoms with Crippen LogP contribution in [0.4, 0.5) is 21.2 Å². The zero-order valence-corrected chi connectivity index (χ0v) is 40.4. The largest absolute Gasteiger partial charge is 0.756 e. The van der Waals surface area contributed by atoms with Crippen LogP contribution in [0.3, 0.4) is 0 Å². The number of hydrogen-bond donors (Lipinski definition) is 4. The minimum atomic E-state index is -5.74. The lowest BCUT2D eigenvalue weighted by molar-refractivity contribution is -0.247. The van der Waals surface area contributed by atoms with E-state index in [4.69, 9.17) is 37.5 Å². The minimum Gasteiger partial charge on any atom is -0.756 e. The molecule has 0 aliphatic carbocycles. The molecule has 4 amide bonds. The maximum atomic E-state index is 13.3. The maximum absolute atomic E-state index is 13.3. The quantitative estimate of drug-likeness (QED) is 0.0896. The Bertz CT molecular complexity index is 2890. The van der Waals surface area contributed by atoms with E-state index in [1.165, 1.54) is 34.4 Å². The molecule has 2 aromatic carbocycles. The van der Waals surface area contributed by atoms with Gasteiger partial charge in [0.25, 0.3) is 15.6 Å². The minimum absolute atomic E-state index is 0.109. The van der Waals surface area contributed by atoms with Crippen molar-refractivity contribution in [3.8, 4) is 0 Å². The number of nitrogens with one attached hydrogen (secondary N) is 4. The molecule has 12 atom stereocenters. The van der Waals surface area contributed by atoms with Crippen LogP contribution in [-0.2, 0) is 50.9 Å². The number of urea groups is 2. The molecule has 29 heteroatoms. The molecular weight excluding hydrogens is 999 g/mol. The van der Waals surface area contributed by atoms with Gasteiger partial charge in [-0.1, -0.05) is 72.8 Å². The van der Waals surface area contributed by atoms with E-state index < -0.39 is 103 Å². The number of phosphoric ester groups is 2. The van der Waals surface area contributed by atoms with Crippen LogP contribution >= 0.6 is 15.6 Å². The summed E-state index contributed by atoms with van der Waals surface area (Å²) in [4.78, 5) is 77.1. The van der Waals surface area contributed by atoms with Crippen molar-refractivity contribution in [2.75, 3.05) is 36.9 Å². The van der Waals surface area contributed by atoms with E-state index in [9.17, 15) is 28.5 Å². The van der Waals surface area contributed by atoms with Crippen molar-refractivity contribution in [3.05, 3.63) is 109 Å². The first kappa shape index (κ1) is 50.1. The van der Waals surface area contributed by atoms with Crippen molar-refractivity contribution in [2.24, 2.45) is 0 Å². The number of carbonyl (C=O) groups excluding carboxylic acids is 2. The fourth-order valence-electron chi connectivity index (χ4n) is 8.51. The summed E-state index contributed by atoms with van der Waals surface area (Å²) in [6.45, 7) is 2.62. The van der Waals surface area contributed by atoms with Gasteiger partial charge in [-0.3, -0.25) is 28.9 Å². The van der Waals surface area contributed by atoms with Gasteiger partial charge in [0.15, 0.2) is 59.0 Å². The van der Waals surface area contributed by atoms with Crippen molar-refractivity contribution in [3.63, 3.8) is 0 Å². The van der Waals surface area contributed by atoms with E-state index in [-0.39, 0.29) is 34.0 Å². The third-order valence-electron chi connectivity index (χ3n) is 11.6. The summed E-state index contributed by atoms with van der Waals surface area (Å²) in [5.41, 5.74) is 2.58. The fourth-order valence-corrected chi connectivity index (χ4v) is 10.5. The van der Waals surface area contributed by atoms with Gasteiger partial charge in [-0.05, 0) is 37.1 Å². The molecule has 4 aromatic heterocycles. The number of benzene rings is 2. The molecule has 6 aromatic rings. The van der Waals surface area contributed by atoms with Gasteiger partial charge in [-0.15, -0.1) is 0 Å². The molecular formula is C44H46N12O15P2-2.